The van der Waals surface area contributed by atoms with Gasteiger partial charge >= 0.3 is 10.2 Å². The van der Waals surface area contributed by atoms with Gasteiger partial charge in [0.15, 0.2) is 0 Å². The molecule has 3 aliphatic rings. The summed E-state index contributed by atoms with van der Waals surface area (Å²) in [5.74, 6) is 0.183. The zero-order valence-corrected chi connectivity index (χ0v) is 23.9. The summed E-state index contributed by atoms with van der Waals surface area (Å²) in [6.45, 7) is 12.0. The number of pyridine rings is 1. The predicted molar refractivity (Wildman–Crippen MR) is 149 cm³/mol. The van der Waals surface area contributed by atoms with Gasteiger partial charge in [0, 0.05) is 31.7 Å². The molecule has 214 valence electrons. The van der Waals surface area contributed by atoms with E-state index in [0.29, 0.717) is 54.9 Å². The van der Waals surface area contributed by atoms with Crippen LogP contribution in [0.25, 0.3) is 11.3 Å². The maximum Gasteiger partial charge on any atom is 0.304 e. The van der Waals surface area contributed by atoms with E-state index in [1.54, 1.807) is 18.2 Å². The van der Waals surface area contributed by atoms with Crippen molar-refractivity contribution in [3.05, 3.63) is 41.7 Å². The Morgan fingerprint density at radius 1 is 1.28 bits per heavy atom. The average Bonchev–Trinajstić information content (AvgIpc) is 3.56. The lowest BCUT2D eigenvalue weighted by molar-refractivity contribution is 0.0601. The minimum atomic E-state index is -4.06. The fourth-order valence-electron chi connectivity index (χ4n) is 5.90. The highest BCUT2D eigenvalue weighted by atomic mass is 32.2. The first-order valence-electron chi connectivity index (χ1n) is 13.5. The second-order valence-electron chi connectivity index (χ2n) is 12.0. The Bertz CT molecular complexity index is 1370. The van der Waals surface area contributed by atoms with Crippen LogP contribution in [0.2, 0.25) is 0 Å². The predicted octanol–water partition coefficient (Wildman–Crippen LogP) is 4.24. The molecule has 1 aromatic heterocycles. The average molecular weight is 563 g/mol. The van der Waals surface area contributed by atoms with E-state index in [9.17, 15) is 17.6 Å². The molecule has 4 heterocycles. The van der Waals surface area contributed by atoms with E-state index in [1.165, 1.54) is 16.4 Å². The van der Waals surface area contributed by atoms with Gasteiger partial charge in [0.1, 0.15) is 17.4 Å². The van der Waals surface area contributed by atoms with Crippen LogP contribution in [0.5, 0.6) is 5.75 Å². The molecule has 1 amide bonds. The van der Waals surface area contributed by atoms with Gasteiger partial charge in [0.25, 0.3) is 5.91 Å². The molecule has 2 aromatic rings. The highest BCUT2D eigenvalue weighted by molar-refractivity contribution is 7.87. The molecule has 3 fully saturated rings. The smallest absolute Gasteiger partial charge is 0.304 e. The Kier molecular flexibility index (Phi) is 7.36. The standard InChI is InChI=1S/C28H37FN4O5S.H2/c1-17(2)15-37-22-9-19(8-20(29)10-22)25-7-6-24(26(30-25)32-13-18(3)12-28(32,4)5)27(34)31-39(35,36)33-14-23-11-21(33)16-38-23;/h6-10,17-18,21,23H,11-16H2,1-5H3,(H,31,34);1H/t18-,21?,23+;/m0./s1. The van der Waals surface area contributed by atoms with Crippen molar-refractivity contribution in [1.29, 1.82) is 0 Å². The van der Waals surface area contributed by atoms with Gasteiger partial charge in [-0.1, -0.05) is 20.8 Å². The number of anilines is 1. The van der Waals surface area contributed by atoms with Gasteiger partial charge in [-0.2, -0.15) is 12.7 Å². The van der Waals surface area contributed by atoms with E-state index < -0.39 is 21.9 Å². The Morgan fingerprint density at radius 3 is 2.67 bits per heavy atom. The molecule has 9 nitrogen and oxygen atoms in total. The molecule has 0 radical (unpaired) electrons. The fourth-order valence-corrected chi connectivity index (χ4v) is 7.26. The molecular weight excluding hydrogens is 523 g/mol. The SMILES string of the molecule is CC(C)COc1cc(F)cc(-c2ccc(C(=O)NS(=O)(=O)N3C[C@H]4CC3CO4)c(N3C[C@@H](C)CC3(C)C)n2)c1.[HH]. The fraction of sp³-hybridized carbons (Fsp3) is 0.571. The number of carbonyl (C=O) groups excluding carboxylic acids is 1. The van der Waals surface area contributed by atoms with Crippen LogP contribution in [-0.2, 0) is 14.9 Å². The largest absolute Gasteiger partial charge is 0.493 e. The summed E-state index contributed by atoms with van der Waals surface area (Å²) in [5, 5.41) is 0. The lowest BCUT2D eigenvalue weighted by atomic mass is 9.97. The molecule has 0 saturated carbocycles. The zero-order valence-electron chi connectivity index (χ0n) is 23.1. The van der Waals surface area contributed by atoms with Crippen LogP contribution in [0, 0.1) is 17.7 Å². The van der Waals surface area contributed by atoms with E-state index in [0.717, 1.165) is 6.42 Å². The third-order valence-corrected chi connectivity index (χ3v) is 9.09. The minimum Gasteiger partial charge on any atom is -0.493 e. The van der Waals surface area contributed by atoms with Crippen molar-refractivity contribution in [2.45, 2.75) is 65.1 Å². The normalized spacial score (nSPS) is 24.5. The molecule has 3 saturated heterocycles. The van der Waals surface area contributed by atoms with Crippen molar-refractivity contribution in [1.82, 2.24) is 14.0 Å². The highest BCUT2D eigenvalue weighted by Gasteiger charge is 2.46. The van der Waals surface area contributed by atoms with Crippen LogP contribution >= 0.6 is 0 Å². The number of morpholine rings is 1. The summed E-state index contributed by atoms with van der Waals surface area (Å²) in [6, 6.07) is 7.36. The Morgan fingerprint density at radius 2 is 2.05 bits per heavy atom. The van der Waals surface area contributed by atoms with E-state index >= 15 is 0 Å². The first-order chi connectivity index (χ1) is 18.3. The lowest BCUT2D eigenvalue weighted by Gasteiger charge is -2.34. The molecule has 3 atom stereocenters. The zero-order chi connectivity index (χ0) is 28.1. The van der Waals surface area contributed by atoms with Crippen molar-refractivity contribution < 1.29 is 28.5 Å². The quantitative estimate of drug-likeness (QED) is 0.514. The second kappa shape index (κ2) is 10.3. The second-order valence-corrected chi connectivity index (χ2v) is 13.7. The van der Waals surface area contributed by atoms with E-state index in [4.69, 9.17) is 14.5 Å². The third-order valence-electron chi connectivity index (χ3n) is 7.58. The maximum atomic E-state index is 14.6. The molecule has 11 heteroatoms. The molecule has 0 aliphatic carbocycles. The van der Waals surface area contributed by atoms with Crippen LogP contribution in [0.1, 0.15) is 59.2 Å². The van der Waals surface area contributed by atoms with Crippen LogP contribution in [-0.4, -0.2) is 67.6 Å². The number of benzene rings is 1. The van der Waals surface area contributed by atoms with Gasteiger partial charge in [0.05, 0.1) is 36.6 Å². The van der Waals surface area contributed by atoms with Crippen LogP contribution in [0.4, 0.5) is 10.2 Å². The summed E-state index contributed by atoms with van der Waals surface area (Å²) in [4.78, 5) is 20.4. The highest BCUT2D eigenvalue weighted by Crippen LogP contribution is 2.39. The Balaban J connectivity index is 0.00000370. The Hall–Kier alpha value is -2.76. The summed E-state index contributed by atoms with van der Waals surface area (Å²) in [6.07, 6.45) is 1.38. The molecule has 3 aliphatic heterocycles. The molecule has 0 spiro atoms. The van der Waals surface area contributed by atoms with Crippen molar-refractivity contribution in [3.63, 3.8) is 0 Å². The first-order valence-corrected chi connectivity index (χ1v) is 14.9. The third kappa shape index (κ3) is 5.76. The summed E-state index contributed by atoms with van der Waals surface area (Å²) in [7, 11) is -4.06. The monoisotopic (exact) mass is 562 g/mol. The summed E-state index contributed by atoms with van der Waals surface area (Å²) >= 11 is 0. The van der Waals surface area contributed by atoms with Crippen LogP contribution < -0.4 is 14.4 Å². The summed E-state index contributed by atoms with van der Waals surface area (Å²) in [5.41, 5.74) is 0.797. The number of hydrogen-bond donors (Lipinski definition) is 1. The molecular formula is C28H39FN4O5S. The minimum absolute atomic E-state index is 0. The number of rotatable bonds is 8. The topological polar surface area (TPSA) is 101 Å². The molecule has 1 aromatic carbocycles. The van der Waals surface area contributed by atoms with E-state index in [2.05, 4.69) is 25.5 Å². The van der Waals surface area contributed by atoms with Gasteiger partial charge < -0.3 is 14.4 Å². The molecule has 1 N–H and O–H groups in total. The van der Waals surface area contributed by atoms with Crippen LogP contribution in [0.3, 0.4) is 0 Å². The number of halogens is 1. The summed E-state index contributed by atoms with van der Waals surface area (Å²) < 4.78 is 55.7. The Labute approximate surface area is 231 Å². The van der Waals surface area contributed by atoms with Gasteiger partial charge in [0.2, 0.25) is 0 Å². The number of nitrogens with zero attached hydrogens (tertiary/aromatic N) is 3. The van der Waals surface area contributed by atoms with Gasteiger partial charge in [-0.25, -0.2) is 14.1 Å². The number of hydrogen-bond acceptors (Lipinski definition) is 7. The van der Waals surface area contributed by atoms with Crippen molar-refractivity contribution in [2.75, 3.05) is 31.2 Å². The van der Waals surface area contributed by atoms with Gasteiger partial charge in [-0.05, 0) is 62.8 Å². The van der Waals surface area contributed by atoms with Crippen molar-refractivity contribution in [3.8, 4) is 17.0 Å². The molecule has 1 unspecified atom stereocenters. The number of carbonyl (C=O) groups is 1. The molecule has 5 rings (SSSR count). The molecule has 39 heavy (non-hydrogen) atoms. The van der Waals surface area contributed by atoms with Gasteiger partial charge in [-0.3, -0.25) is 4.79 Å². The van der Waals surface area contributed by atoms with Gasteiger partial charge in [-0.15, -0.1) is 0 Å². The maximum absolute atomic E-state index is 14.6. The lowest BCUT2D eigenvalue weighted by Crippen LogP contribution is -2.49. The number of fused-ring (bicyclic) bond motifs is 2. The number of nitrogens with one attached hydrogen (secondary N) is 1. The van der Waals surface area contributed by atoms with Crippen LogP contribution in [0.15, 0.2) is 30.3 Å². The number of aromatic nitrogens is 1. The van der Waals surface area contributed by atoms with E-state index in [1.807, 2.05) is 18.7 Å². The molecule has 2 bridgehead atoms. The van der Waals surface area contributed by atoms with E-state index in [-0.39, 0.29) is 37.1 Å². The first kappa shape index (κ1) is 27.8. The number of ether oxygens (including phenoxy) is 2. The van der Waals surface area contributed by atoms with Crippen molar-refractivity contribution >= 4 is 21.9 Å². The number of amides is 1. The van der Waals surface area contributed by atoms with Crippen molar-refractivity contribution in [2.24, 2.45) is 11.8 Å².